The Bertz CT molecular complexity index is 909. The minimum atomic E-state index is -1.10. The number of carbonyl (C=O) groups is 2. The van der Waals surface area contributed by atoms with Crippen LogP contribution in [0.25, 0.3) is 5.57 Å². The summed E-state index contributed by atoms with van der Waals surface area (Å²) in [5, 5.41) is 9.44. The highest BCUT2D eigenvalue weighted by molar-refractivity contribution is 6.14. The van der Waals surface area contributed by atoms with Crippen molar-refractivity contribution >= 4 is 23.1 Å². The maximum Gasteiger partial charge on any atom is 0.336 e. The first-order valence-electron chi connectivity index (χ1n) is 8.20. The molecule has 3 rings (SSSR count). The molecule has 25 heavy (non-hydrogen) atoms. The lowest BCUT2D eigenvalue weighted by atomic mass is 9.87. The molecule has 0 aromatic heterocycles. The van der Waals surface area contributed by atoms with E-state index in [1.54, 1.807) is 23.1 Å². The van der Waals surface area contributed by atoms with Crippen LogP contribution in [-0.2, 0) is 0 Å². The van der Waals surface area contributed by atoms with Crippen molar-refractivity contribution in [2.75, 3.05) is 4.90 Å². The second-order valence-electron chi connectivity index (χ2n) is 6.99. The average molecular weight is 335 g/mol. The summed E-state index contributed by atoms with van der Waals surface area (Å²) in [6, 6.07) is 12.4. The van der Waals surface area contributed by atoms with Gasteiger partial charge in [0.25, 0.3) is 5.91 Å². The molecule has 0 fully saturated rings. The molecule has 0 radical (unpaired) electrons. The fourth-order valence-electron chi connectivity index (χ4n) is 3.49. The SMILES string of the molecule is CC1=CC(C)(C)N(C(=O)c2ccccc2C(=O)O)c2cc(C)ccc21. The van der Waals surface area contributed by atoms with E-state index < -0.39 is 11.5 Å². The molecule has 4 heteroatoms. The molecule has 0 unspecified atom stereocenters. The number of aryl methyl sites for hydroxylation is 1. The number of aromatic carboxylic acids is 1. The van der Waals surface area contributed by atoms with Crippen LogP contribution in [0.5, 0.6) is 0 Å². The molecule has 0 saturated carbocycles. The number of nitrogens with zero attached hydrogens (tertiary/aromatic N) is 1. The van der Waals surface area contributed by atoms with E-state index in [0.29, 0.717) is 0 Å². The first kappa shape index (κ1) is 17.0. The molecule has 0 spiro atoms. The number of carboxylic acid groups (broad SMARTS) is 1. The van der Waals surface area contributed by atoms with Crippen LogP contribution in [0.4, 0.5) is 5.69 Å². The topological polar surface area (TPSA) is 57.6 Å². The molecular weight excluding hydrogens is 314 g/mol. The number of rotatable bonds is 2. The molecule has 1 aliphatic heterocycles. The Morgan fingerprint density at radius 3 is 2.28 bits per heavy atom. The zero-order chi connectivity index (χ0) is 18.4. The molecule has 128 valence electrons. The van der Waals surface area contributed by atoms with E-state index in [0.717, 1.165) is 22.4 Å². The molecule has 1 amide bonds. The number of amides is 1. The van der Waals surface area contributed by atoms with Crippen molar-refractivity contribution in [3.05, 3.63) is 70.8 Å². The molecule has 4 nitrogen and oxygen atoms in total. The Morgan fingerprint density at radius 2 is 1.64 bits per heavy atom. The molecule has 0 aliphatic carbocycles. The largest absolute Gasteiger partial charge is 0.478 e. The summed E-state index contributed by atoms with van der Waals surface area (Å²) in [5.74, 6) is -1.41. The van der Waals surface area contributed by atoms with Crippen molar-refractivity contribution < 1.29 is 14.7 Å². The third-order valence-electron chi connectivity index (χ3n) is 4.56. The van der Waals surface area contributed by atoms with Crippen molar-refractivity contribution in [3.8, 4) is 0 Å². The second-order valence-corrected chi connectivity index (χ2v) is 6.99. The predicted octanol–water partition coefficient (Wildman–Crippen LogP) is 4.54. The Morgan fingerprint density at radius 1 is 1.00 bits per heavy atom. The molecule has 0 bridgehead atoms. The van der Waals surface area contributed by atoms with E-state index >= 15 is 0 Å². The number of benzene rings is 2. The number of fused-ring (bicyclic) bond motifs is 1. The van der Waals surface area contributed by atoms with Gasteiger partial charge in [-0.2, -0.15) is 0 Å². The number of hydrogen-bond acceptors (Lipinski definition) is 2. The van der Waals surface area contributed by atoms with Crippen LogP contribution in [0.15, 0.2) is 48.5 Å². The lowest BCUT2D eigenvalue weighted by Crippen LogP contribution is -2.49. The fourth-order valence-corrected chi connectivity index (χ4v) is 3.49. The van der Waals surface area contributed by atoms with Gasteiger partial charge in [0.15, 0.2) is 0 Å². The van der Waals surface area contributed by atoms with Crippen LogP contribution in [-0.4, -0.2) is 22.5 Å². The van der Waals surface area contributed by atoms with Crippen LogP contribution in [0.1, 0.15) is 52.6 Å². The predicted molar refractivity (Wildman–Crippen MR) is 99.1 cm³/mol. The Balaban J connectivity index is 2.21. The van der Waals surface area contributed by atoms with Gasteiger partial charge in [-0.05, 0) is 57.0 Å². The molecule has 1 N–H and O–H groups in total. The van der Waals surface area contributed by atoms with Crippen molar-refractivity contribution in [2.24, 2.45) is 0 Å². The average Bonchev–Trinajstić information content (AvgIpc) is 2.53. The van der Waals surface area contributed by atoms with E-state index in [9.17, 15) is 14.7 Å². The molecule has 1 heterocycles. The van der Waals surface area contributed by atoms with Crippen LogP contribution >= 0.6 is 0 Å². The first-order chi connectivity index (χ1) is 11.7. The van der Waals surface area contributed by atoms with Gasteiger partial charge < -0.3 is 5.11 Å². The zero-order valence-electron chi connectivity index (χ0n) is 14.8. The number of carboxylic acids is 1. The van der Waals surface area contributed by atoms with Gasteiger partial charge in [0.1, 0.15) is 0 Å². The smallest absolute Gasteiger partial charge is 0.336 e. The Kier molecular flexibility index (Phi) is 3.99. The number of anilines is 1. The molecule has 2 aromatic carbocycles. The van der Waals surface area contributed by atoms with E-state index in [1.165, 1.54) is 6.07 Å². The van der Waals surface area contributed by atoms with E-state index in [1.807, 2.05) is 52.0 Å². The molecule has 1 aliphatic rings. The van der Waals surface area contributed by atoms with Crippen LogP contribution < -0.4 is 4.90 Å². The maximum absolute atomic E-state index is 13.4. The summed E-state index contributed by atoms with van der Waals surface area (Å²) in [6.45, 7) is 7.93. The number of allylic oxidation sites excluding steroid dienone is 1. The number of carbonyl (C=O) groups excluding carboxylic acids is 1. The highest BCUT2D eigenvalue weighted by Crippen LogP contribution is 2.40. The summed E-state index contributed by atoms with van der Waals surface area (Å²) in [7, 11) is 0. The highest BCUT2D eigenvalue weighted by Gasteiger charge is 2.37. The quantitative estimate of drug-likeness (QED) is 0.877. The summed E-state index contributed by atoms with van der Waals surface area (Å²) in [6.07, 6.45) is 2.05. The monoisotopic (exact) mass is 335 g/mol. The van der Waals surface area contributed by atoms with Gasteiger partial charge in [0.2, 0.25) is 0 Å². The van der Waals surface area contributed by atoms with Crippen molar-refractivity contribution in [1.29, 1.82) is 0 Å². The van der Waals surface area contributed by atoms with Gasteiger partial charge in [0.05, 0.1) is 22.4 Å². The zero-order valence-corrected chi connectivity index (χ0v) is 14.8. The summed E-state index contributed by atoms with van der Waals surface area (Å²) in [5.41, 5.74) is 3.62. The molecule has 2 aromatic rings. The Labute approximate surface area is 147 Å². The van der Waals surface area contributed by atoms with Gasteiger partial charge >= 0.3 is 5.97 Å². The minimum Gasteiger partial charge on any atom is -0.478 e. The first-order valence-corrected chi connectivity index (χ1v) is 8.20. The number of hydrogen-bond donors (Lipinski definition) is 1. The lowest BCUT2D eigenvalue weighted by molar-refractivity contribution is 0.0691. The van der Waals surface area contributed by atoms with Gasteiger partial charge in [-0.25, -0.2) is 4.79 Å². The third-order valence-corrected chi connectivity index (χ3v) is 4.56. The fraction of sp³-hybridized carbons (Fsp3) is 0.238. The van der Waals surface area contributed by atoms with Gasteiger partial charge in [-0.15, -0.1) is 0 Å². The standard InChI is InChI=1S/C21H21NO3/c1-13-9-10-15-14(2)12-21(3,4)22(18(15)11-13)19(23)16-7-5-6-8-17(16)20(24)25/h5-12H,1-4H3,(H,24,25). The summed E-state index contributed by atoms with van der Waals surface area (Å²) < 4.78 is 0. The molecule has 0 atom stereocenters. The maximum atomic E-state index is 13.4. The summed E-state index contributed by atoms with van der Waals surface area (Å²) in [4.78, 5) is 26.6. The van der Waals surface area contributed by atoms with Crippen LogP contribution in [0.3, 0.4) is 0 Å². The summed E-state index contributed by atoms with van der Waals surface area (Å²) >= 11 is 0. The van der Waals surface area contributed by atoms with Gasteiger partial charge in [-0.1, -0.05) is 30.3 Å². The third kappa shape index (κ3) is 2.84. The Hall–Kier alpha value is -2.88. The minimum absolute atomic E-state index is 0.0174. The van der Waals surface area contributed by atoms with E-state index in [4.69, 9.17) is 0 Å². The highest BCUT2D eigenvalue weighted by atomic mass is 16.4. The van der Waals surface area contributed by atoms with E-state index in [2.05, 4.69) is 0 Å². The van der Waals surface area contributed by atoms with Crippen molar-refractivity contribution in [1.82, 2.24) is 0 Å². The lowest BCUT2D eigenvalue weighted by Gasteiger charge is -2.42. The van der Waals surface area contributed by atoms with Gasteiger partial charge in [-0.3, -0.25) is 9.69 Å². The molecule has 0 saturated heterocycles. The van der Waals surface area contributed by atoms with Crippen LogP contribution in [0.2, 0.25) is 0 Å². The van der Waals surface area contributed by atoms with Gasteiger partial charge in [0, 0.05) is 5.56 Å². The van der Waals surface area contributed by atoms with Crippen molar-refractivity contribution in [2.45, 2.75) is 33.2 Å². The second kappa shape index (κ2) is 5.88. The normalized spacial score (nSPS) is 15.4. The molecular formula is C21H21NO3. The van der Waals surface area contributed by atoms with E-state index in [-0.39, 0.29) is 17.0 Å². The van der Waals surface area contributed by atoms with Crippen LogP contribution in [0, 0.1) is 6.92 Å². The van der Waals surface area contributed by atoms with Crippen molar-refractivity contribution in [3.63, 3.8) is 0 Å².